The van der Waals surface area contributed by atoms with E-state index < -0.39 is 0 Å². The molecule has 0 amide bonds. The predicted octanol–water partition coefficient (Wildman–Crippen LogP) is 1.84. The Kier molecular flexibility index (Phi) is 3.36. The summed E-state index contributed by atoms with van der Waals surface area (Å²) in [6, 6.07) is 1.38. The van der Waals surface area contributed by atoms with Gasteiger partial charge in [-0.05, 0) is 24.8 Å². The Morgan fingerprint density at radius 3 is 2.15 bits per heavy atom. The minimum atomic E-state index is 0.313. The third-order valence-electron chi connectivity index (χ3n) is 3.00. The highest BCUT2D eigenvalue weighted by Gasteiger charge is 2.37. The van der Waals surface area contributed by atoms with Gasteiger partial charge in [-0.15, -0.1) is 0 Å². The quantitative estimate of drug-likeness (QED) is 0.722. The van der Waals surface area contributed by atoms with Crippen molar-refractivity contribution in [3.05, 3.63) is 0 Å². The summed E-state index contributed by atoms with van der Waals surface area (Å²) in [6.07, 6.45) is 2.75. The van der Waals surface area contributed by atoms with Crippen LogP contribution in [0.3, 0.4) is 0 Å². The smallest absolute Gasteiger partial charge is 0.0269 e. The Hall–Kier alpha value is -0.0800. The van der Waals surface area contributed by atoms with Crippen molar-refractivity contribution in [3.63, 3.8) is 0 Å². The van der Waals surface area contributed by atoms with Crippen LogP contribution in [-0.4, -0.2) is 30.1 Å². The third kappa shape index (κ3) is 2.68. The monoisotopic (exact) mass is 184 g/mol. The molecule has 2 nitrogen and oxygen atoms in total. The average Bonchev–Trinajstić information content (AvgIpc) is 2.79. The van der Waals surface area contributed by atoms with Crippen molar-refractivity contribution in [2.75, 3.05) is 13.1 Å². The number of nitrogens with two attached hydrogens (primary N) is 1. The third-order valence-corrected chi connectivity index (χ3v) is 3.00. The normalized spacial score (nSPS) is 20.8. The summed E-state index contributed by atoms with van der Waals surface area (Å²) in [5, 5.41) is 0. The highest BCUT2D eigenvalue weighted by atomic mass is 15.2. The first-order chi connectivity index (χ1) is 6.00. The lowest BCUT2D eigenvalue weighted by molar-refractivity contribution is 0.103. The maximum absolute atomic E-state index is 5.86. The van der Waals surface area contributed by atoms with Crippen LogP contribution in [0.25, 0.3) is 0 Å². The summed E-state index contributed by atoms with van der Waals surface area (Å²) in [5.74, 6) is 0. The van der Waals surface area contributed by atoms with Gasteiger partial charge in [0.15, 0.2) is 0 Å². The highest BCUT2D eigenvalue weighted by molar-refractivity contribution is 4.93. The van der Waals surface area contributed by atoms with E-state index in [0.29, 0.717) is 11.5 Å². The second-order valence-corrected chi connectivity index (χ2v) is 5.18. The maximum Gasteiger partial charge on any atom is 0.0269 e. The summed E-state index contributed by atoms with van der Waals surface area (Å²) in [4.78, 5) is 2.58. The van der Waals surface area contributed by atoms with E-state index in [9.17, 15) is 0 Å². The first kappa shape index (κ1) is 11.0. The van der Waals surface area contributed by atoms with Gasteiger partial charge in [0.2, 0.25) is 0 Å². The van der Waals surface area contributed by atoms with Crippen LogP contribution in [-0.2, 0) is 0 Å². The molecule has 2 N–H and O–H groups in total. The van der Waals surface area contributed by atoms with Crippen molar-refractivity contribution >= 4 is 0 Å². The maximum atomic E-state index is 5.86. The predicted molar refractivity (Wildman–Crippen MR) is 57.7 cm³/mol. The molecule has 1 unspecified atom stereocenters. The van der Waals surface area contributed by atoms with Crippen molar-refractivity contribution in [1.29, 1.82) is 0 Å². The van der Waals surface area contributed by atoms with E-state index in [1.807, 2.05) is 0 Å². The number of hydrogen-bond donors (Lipinski definition) is 1. The van der Waals surface area contributed by atoms with Gasteiger partial charge in [-0.3, -0.25) is 4.90 Å². The zero-order chi connectivity index (χ0) is 10.1. The second kappa shape index (κ2) is 3.97. The van der Waals surface area contributed by atoms with E-state index in [1.165, 1.54) is 12.8 Å². The summed E-state index contributed by atoms with van der Waals surface area (Å²) in [5.41, 5.74) is 6.17. The van der Waals surface area contributed by atoms with Crippen LogP contribution in [0.4, 0.5) is 0 Å². The molecule has 1 rings (SSSR count). The van der Waals surface area contributed by atoms with Gasteiger partial charge in [0.1, 0.15) is 0 Å². The van der Waals surface area contributed by atoms with E-state index in [4.69, 9.17) is 5.73 Å². The lowest BCUT2D eigenvalue weighted by atomic mass is 9.85. The van der Waals surface area contributed by atoms with Crippen LogP contribution in [0.2, 0.25) is 0 Å². The summed E-state index contributed by atoms with van der Waals surface area (Å²) in [7, 11) is 0. The summed E-state index contributed by atoms with van der Waals surface area (Å²) >= 11 is 0. The van der Waals surface area contributed by atoms with Gasteiger partial charge in [0.05, 0.1) is 0 Å². The summed E-state index contributed by atoms with van der Waals surface area (Å²) < 4.78 is 0. The van der Waals surface area contributed by atoms with Gasteiger partial charge in [-0.2, -0.15) is 0 Å². The topological polar surface area (TPSA) is 29.3 Å². The lowest BCUT2D eigenvalue weighted by Gasteiger charge is -2.39. The van der Waals surface area contributed by atoms with Crippen LogP contribution in [0.15, 0.2) is 0 Å². The molecule has 1 saturated carbocycles. The lowest BCUT2D eigenvalue weighted by Crippen LogP contribution is -2.49. The largest absolute Gasteiger partial charge is 0.329 e. The number of rotatable bonds is 4. The number of nitrogens with zero attached hydrogens (tertiary/aromatic N) is 1. The Morgan fingerprint density at radius 2 is 1.92 bits per heavy atom. The van der Waals surface area contributed by atoms with E-state index in [1.54, 1.807) is 0 Å². The molecule has 0 aromatic rings. The Balaban J connectivity index is 2.61. The first-order valence-corrected chi connectivity index (χ1v) is 5.46. The van der Waals surface area contributed by atoms with Crippen molar-refractivity contribution in [2.24, 2.45) is 11.1 Å². The van der Waals surface area contributed by atoms with Gasteiger partial charge in [-0.1, -0.05) is 27.7 Å². The second-order valence-electron chi connectivity index (χ2n) is 5.18. The fraction of sp³-hybridized carbons (Fsp3) is 1.00. The van der Waals surface area contributed by atoms with Crippen LogP contribution in [0.5, 0.6) is 0 Å². The van der Waals surface area contributed by atoms with Gasteiger partial charge in [-0.25, -0.2) is 0 Å². The van der Waals surface area contributed by atoms with Crippen LogP contribution < -0.4 is 5.73 Å². The van der Waals surface area contributed by atoms with Crippen LogP contribution in [0, 0.1) is 5.41 Å². The van der Waals surface area contributed by atoms with Gasteiger partial charge >= 0.3 is 0 Å². The van der Waals surface area contributed by atoms with E-state index in [0.717, 1.165) is 19.1 Å². The van der Waals surface area contributed by atoms with Crippen LogP contribution >= 0.6 is 0 Å². The fourth-order valence-electron chi connectivity index (χ4n) is 2.13. The molecule has 1 fully saturated rings. The standard InChI is InChI=1S/C11H24N2/c1-5-13(9-6-7-9)10(8-12)11(2,3)4/h9-10H,5-8,12H2,1-4H3. The minimum absolute atomic E-state index is 0.313. The van der Waals surface area contributed by atoms with Crippen molar-refractivity contribution in [3.8, 4) is 0 Å². The van der Waals surface area contributed by atoms with Gasteiger partial charge < -0.3 is 5.73 Å². The van der Waals surface area contributed by atoms with E-state index >= 15 is 0 Å². The van der Waals surface area contributed by atoms with Gasteiger partial charge in [0.25, 0.3) is 0 Å². The molecule has 0 bridgehead atoms. The first-order valence-electron chi connectivity index (χ1n) is 5.46. The molecule has 1 aliphatic carbocycles. The average molecular weight is 184 g/mol. The zero-order valence-corrected chi connectivity index (χ0v) is 9.51. The highest BCUT2D eigenvalue weighted by Crippen LogP contribution is 2.33. The van der Waals surface area contributed by atoms with Crippen molar-refractivity contribution in [2.45, 2.75) is 52.6 Å². The molecule has 0 aromatic heterocycles. The minimum Gasteiger partial charge on any atom is -0.329 e. The molecular formula is C11H24N2. The molecule has 1 aliphatic rings. The Labute approximate surface area is 82.5 Å². The Morgan fingerprint density at radius 1 is 1.38 bits per heavy atom. The van der Waals surface area contributed by atoms with Gasteiger partial charge in [0, 0.05) is 18.6 Å². The SMILES string of the molecule is CCN(C1CC1)C(CN)C(C)(C)C. The molecule has 2 heteroatoms. The van der Waals surface area contributed by atoms with Crippen molar-refractivity contribution in [1.82, 2.24) is 4.90 Å². The molecule has 1 atom stereocenters. The van der Waals surface area contributed by atoms with E-state index in [2.05, 4.69) is 32.6 Å². The molecular weight excluding hydrogens is 160 g/mol. The number of hydrogen-bond acceptors (Lipinski definition) is 2. The van der Waals surface area contributed by atoms with Crippen LogP contribution in [0.1, 0.15) is 40.5 Å². The van der Waals surface area contributed by atoms with E-state index in [-0.39, 0.29) is 0 Å². The summed E-state index contributed by atoms with van der Waals surface area (Å²) in [6.45, 7) is 11.0. The molecule has 0 heterocycles. The number of likely N-dealkylation sites (N-methyl/N-ethyl adjacent to an activating group) is 1. The molecule has 13 heavy (non-hydrogen) atoms. The van der Waals surface area contributed by atoms with Crippen molar-refractivity contribution < 1.29 is 0 Å². The molecule has 0 spiro atoms. The zero-order valence-electron chi connectivity index (χ0n) is 9.51. The molecule has 0 aliphatic heterocycles. The molecule has 0 saturated heterocycles. The fourth-order valence-corrected chi connectivity index (χ4v) is 2.13. The molecule has 0 radical (unpaired) electrons. The molecule has 78 valence electrons. The molecule has 0 aromatic carbocycles. The Bertz CT molecular complexity index is 156.